The van der Waals surface area contributed by atoms with Gasteiger partial charge in [0, 0.05) is 5.69 Å². The Balaban J connectivity index is 2.26. The van der Waals surface area contributed by atoms with Crippen molar-refractivity contribution in [1.82, 2.24) is 0 Å². The number of halogens is 2. The van der Waals surface area contributed by atoms with Crippen LogP contribution in [0, 0.1) is 12.7 Å². The predicted octanol–water partition coefficient (Wildman–Crippen LogP) is 3.75. The molecule has 0 spiro atoms. The topological polar surface area (TPSA) is 49.3 Å². The molecule has 19 heavy (non-hydrogen) atoms. The van der Waals surface area contributed by atoms with E-state index in [1.54, 1.807) is 19.1 Å². The number of amides is 1. The van der Waals surface area contributed by atoms with E-state index in [0.717, 1.165) is 6.07 Å². The maximum Gasteiger partial charge on any atom is 0.259 e. The van der Waals surface area contributed by atoms with Crippen molar-refractivity contribution in [2.75, 3.05) is 5.32 Å². The Morgan fingerprint density at radius 2 is 2.05 bits per heavy atom. The summed E-state index contributed by atoms with van der Waals surface area (Å²) in [5.74, 6) is -1.12. The van der Waals surface area contributed by atoms with E-state index in [9.17, 15) is 14.3 Å². The van der Waals surface area contributed by atoms with Crippen LogP contribution in [0.1, 0.15) is 15.9 Å². The number of para-hydroxylation sites is 1. The Bertz CT molecular complexity index is 643. The molecule has 0 aromatic heterocycles. The number of carbonyl (C=O) groups is 1. The molecular weight excluding hydrogens is 269 g/mol. The van der Waals surface area contributed by atoms with E-state index in [-0.39, 0.29) is 16.3 Å². The molecule has 2 aromatic carbocycles. The Morgan fingerprint density at radius 1 is 1.32 bits per heavy atom. The van der Waals surface area contributed by atoms with Gasteiger partial charge in [0.1, 0.15) is 11.6 Å². The fourth-order valence-electron chi connectivity index (χ4n) is 1.61. The summed E-state index contributed by atoms with van der Waals surface area (Å²) >= 11 is 5.62. The fourth-order valence-corrected chi connectivity index (χ4v) is 1.80. The third-order valence-corrected chi connectivity index (χ3v) is 2.95. The van der Waals surface area contributed by atoms with Gasteiger partial charge in [-0.1, -0.05) is 23.7 Å². The SMILES string of the molecule is Cc1cccc(C(=O)Nc2ccc(F)c(Cl)c2)c1O. The number of nitrogens with one attached hydrogen (secondary N) is 1. The summed E-state index contributed by atoms with van der Waals surface area (Å²) in [5.41, 5.74) is 1.11. The van der Waals surface area contributed by atoms with Crippen LogP contribution in [0.4, 0.5) is 10.1 Å². The summed E-state index contributed by atoms with van der Waals surface area (Å²) in [7, 11) is 0. The maximum absolute atomic E-state index is 13.0. The van der Waals surface area contributed by atoms with Crippen molar-refractivity contribution in [2.45, 2.75) is 6.92 Å². The number of anilines is 1. The molecule has 2 aromatic rings. The van der Waals surface area contributed by atoms with E-state index in [1.807, 2.05) is 0 Å². The summed E-state index contributed by atoms with van der Waals surface area (Å²) in [6.07, 6.45) is 0. The average molecular weight is 280 g/mol. The molecule has 0 atom stereocenters. The van der Waals surface area contributed by atoms with Crippen molar-refractivity contribution >= 4 is 23.2 Å². The van der Waals surface area contributed by atoms with E-state index in [1.165, 1.54) is 18.2 Å². The lowest BCUT2D eigenvalue weighted by Gasteiger charge is -2.08. The molecule has 0 fully saturated rings. The van der Waals surface area contributed by atoms with Crippen LogP contribution in [0.25, 0.3) is 0 Å². The van der Waals surface area contributed by atoms with Crippen molar-refractivity contribution in [1.29, 1.82) is 0 Å². The van der Waals surface area contributed by atoms with E-state index in [0.29, 0.717) is 11.3 Å². The zero-order chi connectivity index (χ0) is 14.0. The van der Waals surface area contributed by atoms with Gasteiger partial charge in [-0.3, -0.25) is 4.79 Å². The number of hydrogen-bond donors (Lipinski definition) is 2. The van der Waals surface area contributed by atoms with Crippen molar-refractivity contribution in [3.05, 3.63) is 58.4 Å². The zero-order valence-electron chi connectivity index (χ0n) is 10.1. The van der Waals surface area contributed by atoms with Crippen molar-refractivity contribution in [2.24, 2.45) is 0 Å². The molecule has 0 radical (unpaired) electrons. The number of benzene rings is 2. The molecule has 2 rings (SSSR count). The minimum atomic E-state index is -0.557. The Morgan fingerprint density at radius 3 is 2.74 bits per heavy atom. The standard InChI is InChI=1S/C14H11ClFNO2/c1-8-3-2-4-10(13(8)18)14(19)17-9-5-6-12(16)11(15)7-9/h2-7,18H,1H3,(H,17,19). The molecule has 5 heteroatoms. The quantitative estimate of drug-likeness (QED) is 0.880. The van der Waals surface area contributed by atoms with Crippen LogP contribution in [-0.2, 0) is 0 Å². The largest absolute Gasteiger partial charge is 0.507 e. The van der Waals surface area contributed by atoms with Gasteiger partial charge in [0.25, 0.3) is 5.91 Å². The maximum atomic E-state index is 13.0. The van der Waals surface area contributed by atoms with Crippen molar-refractivity contribution in [3.63, 3.8) is 0 Å². The Kier molecular flexibility index (Phi) is 3.71. The van der Waals surface area contributed by atoms with Crippen molar-refractivity contribution < 1.29 is 14.3 Å². The summed E-state index contributed by atoms with van der Waals surface area (Å²) in [5, 5.41) is 12.3. The molecule has 0 bridgehead atoms. The fraction of sp³-hybridized carbons (Fsp3) is 0.0714. The summed E-state index contributed by atoms with van der Waals surface area (Å²) < 4.78 is 13.0. The minimum Gasteiger partial charge on any atom is -0.507 e. The normalized spacial score (nSPS) is 10.3. The highest BCUT2D eigenvalue weighted by Gasteiger charge is 2.13. The lowest BCUT2D eigenvalue weighted by molar-refractivity contribution is 0.102. The van der Waals surface area contributed by atoms with Crippen LogP contribution in [0.15, 0.2) is 36.4 Å². The van der Waals surface area contributed by atoms with Gasteiger partial charge in [-0.15, -0.1) is 0 Å². The van der Waals surface area contributed by atoms with Crippen molar-refractivity contribution in [3.8, 4) is 5.75 Å². The van der Waals surface area contributed by atoms with Gasteiger partial charge in [-0.05, 0) is 36.8 Å². The van der Waals surface area contributed by atoms with E-state index in [4.69, 9.17) is 11.6 Å². The van der Waals surface area contributed by atoms with Crippen LogP contribution >= 0.6 is 11.6 Å². The second-order valence-electron chi connectivity index (χ2n) is 4.05. The third-order valence-electron chi connectivity index (χ3n) is 2.66. The first-order chi connectivity index (χ1) is 8.99. The summed E-state index contributed by atoms with van der Waals surface area (Å²) in [4.78, 5) is 12.0. The molecule has 1 amide bonds. The number of aromatic hydroxyl groups is 1. The highest BCUT2D eigenvalue weighted by atomic mass is 35.5. The Labute approximate surface area is 114 Å². The highest BCUT2D eigenvalue weighted by Crippen LogP contribution is 2.24. The van der Waals surface area contributed by atoms with Gasteiger partial charge in [0.2, 0.25) is 0 Å². The monoisotopic (exact) mass is 279 g/mol. The van der Waals surface area contributed by atoms with Crippen LogP contribution in [0.5, 0.6) is 5.75 Å². The van der Waals surface area contributed by atoms with Gasteiger partial charge in [-0.2, -0.15) is 0 Å². The number of phenolic OH excluding ortho intramolecular Hbond substituents is 1. The molecule has 0 saturated heterocycles. The van der Waals surface area contributed by atoms with Gasteiger partial charge in [-0.25, -0.2) is 4.39 Å². The zero-order valence-corrected chi connectivity index (χ0v) is 10.8. The number of aryl methyl sites for hydroxylation is 1. The van der Waals surface area contributed by atoms with Gasteiger partial charge in [0.15, 0.2) is 0 Å². The molecule has 0 unspecified atom stereocenters. The molecule has 0 saturated carbocycles. The number of carbonyl (C=O) groups excluding carboxylic acids is 1. The lowest BCUT2D eigenvalue weighted by atomic mass is 10.1. The third kappa shape index (κ3) is 2.85. The molecule has 0 aliphatic carbocycles. The molecule has 0 aliphatic heterocycles. The van der Waals surface area contributed by atoms with E-state index in [2.05, 4.69) is 5.32 Å². The number of hydrogen-bond acceptors (Lipinski definition) is 2. The number of rotatable bonds is 2. The smallest absolute Gasteiger partial charge is 0.259 e. The van der Waals surface area contributed by atoms with Crippen LogP contribution < -0.4 is 5.32 Å². The van der Waals surface area contributed by atoms with Crippen LogP contribution in [-0.4, -0.2) is 11.0 Å². The van der Waals surface area contributed by atoms with Crippen LogP contribution in [0.2, 0.25) is 5.02 Å². The second kappa shape index (κ2) is 5.28. The summed E-state index contributed by atoms with van der Waals surface area (Å²) in [6.45, 7) is 1.70. The number of phenols is 1. The second-order valence-corrected chi connectivity index (χ2v) is 4.46. The first-order valence-electron chi connectivity index (χ1n) is 5.54. The highest BCUT2D eigenvalue weighted by molar-refractivity contribution is 6.31. The Hall–Kier alpha value is -2.07. The first-order valence-corrected chi connectivity index (χ1v) is 5.92. The first kappa shape index (κ1) is 13.4. The lowest BCUT2D eigenvalue weighted by Crippen LogP contribution is -2.12. The molecule has 0 heterocycles. The minimum absolute atomic E-state index is 0.0757. The van der Waals surface area contributed by atoms with E-state index >= 15 is 0 Å². The summed E-state index contributed by atoms with van der Waals surface area (Å²) in [6, 6.07) is 8.73. The van der Waals surface area contributed by atoms with Gasteiger partial charge < -0.3 is 10.4 Å². The van der Waals surface area contributed by atoms with Gasteiger partial charge in [0.05, 0.1) is 10.6 Å². The molecule has 0 aliphatic rings. The average Bonchev–Trinajstić information content (AvgIpc) is 2.37. The molecule has 3 nitrogen and oxygen atoms in total. The predicted molar refractivity (Wildman–Crippen MR) is 72.2 cm³/mol. The van der Waals surface area contributed by atoms with E-state index < -0.39 is 11.7 Å². The molecule has 98 valence electrons. The molecular formula is C14H11ClFNO2. The molecule has 2 N–H and O–H groups in total. The van der Waals surface area contributed by atoms with Gasteiger partial charge >= 0.3 is 0 Å². The van der Waals surface area contributed by atoms with Crippen LogP contribution in [0.3, 0.4) is 0 Å².